The van der Waals surface area contributed by atoms with Crippen molar-refractivity contribution in [2.45, 2.75) is 57.7 Å². The fraction of sp³-hybridized carbons (Fsp3) is 0.560. The normalized spacial score (nSPS) is 15.2. The Kier molecular flexibility index (Phi) is 17.1. The van der Waals surface area contributed by atoms with E-state index < -0.39 is 14.4 Å². The van der Waals surface area contributed by atoms with E-state index >= 15 is 0 Å². The van der Waals surface area contributed by atoms with Gasteiger partial charge in [-0.1, -0.05) is 13.3 Å². The molecule has 0 bridgehead atoms. The van der Waals surface area contributed by atoms with Gasteiger partial charge in [-0.25, -0.2) is 9.48 Å². The van der Waals surface area contributed by atoms with Crippen LogP contribution in [0.25, 0.3) is 0 Å². The molecule has 1 fully saturated rings. The van der Waals surface area contributed by atoms with Crippen molar-refractivity contribution in [1.29, 1.82) is 0 Å². The SMILES string of the molecule is CCC(COP(NCC(=O)OC1CCCCC1)Oc1ccc(F)cc1)OC.CN(C)/C=C\C(=O)NC=O. The summed E-state index contributed by atoms with van der Waals surface area (Å²) < 4.78 is 35.4. The van der Waals surface area contributed by atoms with E-state index in [0.29, 0.717) is 18.8 Å². The molecule has 0 aliphatic heterocycles. The van der Waals surface area contributed by atoms with Gasteiger partial charge in [-0.05, 0) is 56.4 Å². The Morgan fingerprint density at radius 2 is 1.86 bits per heavy atom. The number of methoxy groups -OCH3 is 1. The highest BCUT2D eigenvalue weighted by molar-refractivity contribution is 7.45. The number of rotatable bonds is 14. The maximum Gasteiger partial charge on any atom is 0.320 e. The van der Waals surface area contributed by atoms with Crippen molar-refractivity contribution < 1.29 is 37.3 Å². The molecule has 10 nitrogen and oxygen atoms in total. The van der Waals surface area contributed by atoms with Gasteiger partial charge < -0.3 is 23.4 Å². The minimum atomic E-state index is -1.60. The molecular weight excluding hydrogens is 504 g/mol. The second kappa shape index (κ2) is 19.5. The van der Waals surface area contributed by atoms with Gasteiger partial charge in [0.2, 0.25) is 6.41 Å². The standard InChI is InChI=1S/C19H29FNO5P.C6H10N2O2/c1-3-16(23-2)14-24-27(26-18-11-9-15(20)10-12-18)21-13-19(22)25-17-7-5-4-6-8-17;1-8(2)4-3-6(10)7-5-9/h9-12,16-17,21H,3-8,13-14H2,1-2H3;3-5H,1-2H3,(H,7,9,10)/b;4-3-. The summed E-state index contributed by atoms with van der Waals surface area (Å²) >= 11 is 0. The molecule has 1 saturated carbocycles. The Bertz CT molecular complexity index is 817. The smallest absolute Gasteiger partial charge is 0.320 e. The molecule has 0 heterocycles. The Morgan fingerprint density at radius 1 is 1.19 bits per heavy atom. The van der Waals surface area contributed by atoms with Crippen LogP contribution >= 0.6 is 8.53 Å². The quantitative estimate of drug-likeness (QED) is 0.157. The van der Waals surface area contributed by atoms with E-state index in [1.54, 1.807) is 32.3 Å². The van der Waals surface area contributed by atoms with Gasteiger partial charge in [-0.3, -0.25) is 19.7 Å². The number of esters is 1. The third-order valence-corrected chi connectivity index (χ3v) is 6.27. The molecule has 2 N–H and O–H groups in total. The molecule has 1 aliphatic carbocycles. The van der Waals surface area contributed by atoms with E-state index in [-0.39, 0.29) is 30.5 Å². The maximum absolute atomic E-state index is 13.1. The van der Waals surface area contributed by atoms with E-state index in [1.807, 2.05) is 12.2 Å². The molecule has 2 amide bonds. The largest absolute Gasteiger partial charge is 0.461 e. The van der Waals surface area contributed by atoms with Crippen molar-refractivity contribution in [2.75, 3.05) is 34.4 Å². The lowest BCUT2D eigenvalue weighted by Gasteiger charge is -2.23. The number of nitrogens with zero attached hydrogens (tertiary/aromatic N) is 1. The number of hydrogen-bond acceptors (Lipinski definition) is 9. The fourth-order valence-corrected chi connectivity index (χ4v) is 4.14. The minimum absolute atomic E-state index is 0.00677. The first kappa shape index (κ1) is 32.4. The van der Waals surface area contributed by atoms with Crippen LogP contribution in [-0.4, -0.2) is 69.8 Å². The molecule has 0 saturated heterocycles. The Labute approximate surface area is 219 Å². The van der Waals surface area contributed by atoms with Crippen molar-refractivity contribution in [1.82, 2.24) is 15.3 Å². The van der Waals surface area contributed by atoms with Crippen LogP contribution < -0.4 is 14.9 Å². The summed E-state index contributed by atoms with van der Waals surface area (Å²) in [6, 6.07) is 5.65. The maximum atomic E-state index is 13.1. The summed E-state index contributed by atoms with van der Waals surface area (Å²) in [6.07, 6.45) is 9.17. The summed E-state index contributed by atoms with van der Waals surface area (Å²) in [5.41, 5.74) is 0. The van der Waals surface area contributed by atoms with E-state index in [9.17, 15) is 18.8 Å². The number of carbonyl (C=O) groups excluding carboxylic acids is 3. The third kappa shape index (κ3) is 16.0. The highest BCUT2D eigenvalue weighted by Gasteiger charge is 2.21. The second-order valence-corrected chi connectivity index (χ2v) is 9.63. The van der Waals surface area contributed by atoms with E-state index in [0.717, 1.165) is 32.1 Å². The number of benzene rings is 1. The van der Waals surface area contributed by atoms with Gasteiger partial charge in [0, 0.05) is 33.5 Å². The molecular formula is C25H39FN3O7P. The van der Waals surface area contributed by atoms with Crippen molar-refractivity contribution in [3.63, 3.8) is 0 Å². The lowest BCUT2D eigenvalue weighted by molar-refractivity contribution is -0.149. The Hall–Kier alpha value is -2.59. The molecule has 208 valence electrons. The first-order chi connectivity index (χ1) is 17.8. The molecule has 2 rings (SSSR count). The summed E-state index contributed by atoms with van der Waals surface area (Å²) in [7, 11) is 3.59. The Morgan fingerprint density at radius 3 is 2.43 bits per heavy atom. The molecule has 12 heteroatoms. The average molecular weight is 544 g/mol. The van der Waals surface area contributed by atoms with Crippen LogP contribution in [0.1, 0.15) is 45.4 Å². The zero-order valence-corrected chi connectivity index (χ0v) is 22.9. The lowest BCUT2D eigenvalue weighted by atomic mass is 9.98. The van der Waals surface area contributed by atoms with Crippen LogP contribution in [0, 0.1) is 5.82 Å². The number of imide groups is 1. The first-order valence-electron chi connectivity index (χ1n) is 12.2. The first-order valence-corrected chi connectivity index (χ1v) is 13.4. The van der Waals surface area contributed by atoms with Crippen molar-refractivity contribution in [3.8, 4) is 5.75 Å². The molecule has 37 heavy (non-hydrogen) atoms. The summed E-state index contributed by atoms with van der Waals surface area (Å²) in [6.45, 7) is 2.31. The van der Waals surface area contributed by atoms with Crippen LogP contribution in [0.4, 0.5) is 4.39 Å². The van der Waals surface area contributed by atoms with Gasteiger partial charge in [0.15, 0.2) is 0 Å². The van der Waals surface area contributed by atoms with E-state index in [1.165, 1.54) is 36.8 Å². The molecule has 1 aromatic rings. The van der Waals surface area contributed by atoms with Gasteiger partial charge in [0.05, 0.1) is 12.7 Å². The molecule has 1 aromatic carbocycles. The van der Waals surface area contributed by atoms with Crippen LogP contribution in [0.2, 0.25) is 0 Å². The highest BCUT2D eigenvalue weighted by Crippen LogP contribution is 2.35. The third-order valence-electron chi connectivity index (χ3n) is 5.10. The van der Waals surface area contributed by atoms with Crippen molar-refractivity contribution in [3.05, 3.63) is 42.4 Å². The predicted molar refractivity (Wildman–Crippen MR) is 139 cm³/mol. The number of nitrogens with one attached hydrogen (secondary N) is 2. The van der Waals surface area contributed by atoms with E-state index in [4.69, 9.17) is 18.5 Å². The number of hydrogen-bond donors (Lipinski definition) is 2. The van der Waals surface area contributed by atoms with E-state index in [2.05, 4.69) is 5.09 Å². The fourth-order valence-electron chi connectivity index (χ4n) is 3.06. The van der Waals surface area contributed by atoms with Gasteiger partial charge in [-0.15, -0.1) is 0 Å². The minimum Gasteiger partial charge on any atom is -0.461 e. The van der Waals surface area contributed by atoms with Crippen LogP contribution in [0.5, 0.6) is 5.75 Å². The molecule has 2 unspecified atom stereocenters. The number of carbonyl (C=O) groups is 3. The van der Waals surface area contributed by atoms with Crippen molar-refractivity contribution >= 4 is 26.8 Å². The zero-order chi connectivity index (χ0) is 27.5. The van der Waals surface area contributed by atoms with Crippen LogP contribution in [0.15, 0.2) is 36.5 Å². The molecule has 0 aromatic heterocycles. The topological polar surface area (TPSA) is 115 Å². The van der Waals surface area contributed by atoms with Gasteiger partial charge in [0.25, 0.3) is 5.91 Å². The summed E-state index contributed by atoms with van der Waals surface area (Å²) in [5, 5.41) is 4.94. The monoisotopic (exact) mass is 543 g/mol. The molecule has 1 aliphatic rings. The molecule has 0 radical (unpaired) electrons. The van der Waals surface area contributed by atoms with Gasteiger partial charge in [0.1, 0.15) is 24.2 Å². The summed E-state index contributed by atoms with van der Waals surface area (Å²) in [4.78, 5) is 34.0. The van der Waals surface area contributed by atoms with Gasteiger partial charge in [-0.2, -0.15) is 0 Å². The molecule has 0 spiro atoms. The number of ether oxygens (including phenoxy) is 2. The van der Waals surface area contributed by atoms with Gasteiger partial charge >= 0.3 is 14.5 Å². The average Bonchev–Trinajstić information content (AvgIpc) is 2.89. The van der Waals surface area contributed by atoms with Crippen LogP contribution in [-0.2, 0) is 28.4 Å². The predicted octanol–water partition coefficient (Wildman–Crippen LogP) is 3.67. The number of halogens is 1. The zero-order valence-electron chi connectivity index (χ0n) is 22.0. The van der Waals surface area contributed by atoms with Crippen molar-refractivity contribution in [2.24, 2.45) is 0 Å². The lowest BCUT2D eigenvalue weighted by Crippen LogP contribution is -2.29. The summed E-state index contributed by atoms with van der Waals surface area (Å²) in [5.74, 6) is -0.619. The molecule has 2 atom stereocenters. The Balaban J connectivity index is 0.000000580. The van der Waals surface area contributed by atoms with Crippen LogP contribution in [0.3, 0.4) is 0 Å². The highest BCUT2D eigenvalue weighted by atomic mass is 31.2. The number of amides is 2. The second-order valence-electron chi connectivity index (χ2n) is 8.35.